The second-order valence-electron chi connectivity index (χ2n) is 3.28. The molecule has 0 fully saturated rings. The van der Waals surface area contributed by atoms with Gasteiger partial charge in [0.05, 0.1) is 30.2 Å². The van der Waals surface area contributed by atoms with Gasteiger partial charge in [-0.2, -0.15) is 0 Å². The molecule has 0 atom stereocenters. The van der Waals surface area contributed by atoms with Gasteiger partial charge in [0.2, 0.25) is 0 Å². The number of aliphatic carboxylic acids is 1. The second kappa shape index (κ2) is 7.46. The molecule has 0 heterocycles. The number of allylic oxidation sites excluding steroid dienone is 2. The molecule has 20 heavy (non-hydrogen) atoms. The fourth-order valence-electron chi connectivity index (χ4n) is 1.10. The third kappa shape index (κ3) is 3.89. The molecule has 0 amide bonds. The minimum atomic E-state index is -1.44. The first-order valence-electron chi connectivity index (χ1n) is 4.66. The Bertz CT molecular complexity index is 634. The molecule has 108 valence electrons. The van der Waals surface area contributed by atoms with Gasteiger partial charge in [0.15, 0.2) is 0 Å². The van der Waals surface area contributed by atoms with Crippen molar-refractivity contribution >= 4 is 92.2 Å². The molecule has 0 aromatic heterocycles. The first kappa shape index (κ1) is 18.2. The van der Waals surface area contributed by atoms with Crippen molar-refractivity contribution in [3.63, 3.8) is 0 Å². The van der Waals surface area contributed by atoms with Crippen LogP contribution >= 0.6 is 81.2 Å². The van der Waals surface area contributed by atoms with Crippen molar-refractivity contribution in [2.24, 2.45) is 0 Å². The van der Waals surface area contributed by atoms with Crippen molar-refractivity contribution in [3.8, 4) is 0 Å². The number of hydrogen-bond acceptors (Lipinski definition) is 1. The van der Waals surface area contributed by atoms with Crippen LogP contribution in [0.3, 0.4) is 0 Å². The Morgan fingerprint density at radius 3 is 1.90 bits per heavy atom. The first-order valence-corrected chi connectivity index (χ1v) is 7.31. The Morgan fingerprint density at radius 2 is 1.40 bits per heavy atom. The van der Waals surface area contributed by atoms with Crippen molar-refractivity contribution in [2.45, 2.75) is 0 Å². The van der Waals surface area contributed by atoms with Gasteiger partial charge in [0.25, 0.3) is 0 Å². The normalized spacial score (nSPS) is 13.8. The van der Waals surface area contributed by atoms with Crippen LogP contribution in [0.15, 0.2) is 27.2 Å². The fraction of sp³-hybridized carbons (Fsp3) is 0. The van der Waals surface area contributed by atoms with E-state index in [1.54, 1.807) is 0 Å². The third-order valence-corrected chi connectivity index (χ3v) is 5.12. The summed E-state index contributed by atoms with van der Waals surface area (Å²) < 4.78 is 0. The molecule has 0 saturated carbocycles. The third-order valence-electron chi connectivity index (χ3n) is 2.04. The van der Waals surface area contributed by atoms with Crippen LogP contribution in [0.1, 0.15) is 5.56 Å². The zero-order valence-electron chi connectivity index (χ0n) is 9.16. The van der Waals surface area contributed by atoms with Gasteiger partial charge >= 0.3 is 5.97 Å². The van der Waals surface area contributed by atoms with Crippen LogP contribution in [0.4, 0.5) is 0 Å². The molecule has 0 saturated heterocycles. The highest BCUT2D eigenvalue weighted by molar-refractivity contribution is 6.61. The number of rotatable bonds is 3. The summed E-state index contributed by atoms with van der Waals surface area (Å²) in [7, 11) is 0. The molecule has 9 heteroatoms. The number of carbonyl (C=O) groups is 1. The van der Waals surface area contributed by atoms with E-state index in [0.717, 1.165) is 0 Å². The summed E-state index contributed by atoms with van der Waals surface area (Å²) in [6, 6.07) is 2.91. The van der Waals surface area contributed by atoms with Crippen LogP contribution in [0, 0.1) is 0 Å². The van der Waals surface area contributed by atoms with Crippen molar-refractivity contribution in [2.75, 3.05) is 0 Å². The average molecular weight is 415 g/mol. The number of benzene rings is 1. The van der Waals surface area contributed by atoms with Gasteiger partial charge in [-0.25, -0.2) is 4.79 Å². The maximum absolute atomic E-state index is 10.7. The summed E-state index contributed by atoms with van der Waals surface area (Å²) >= 11 is 40.8. The topological polar surface area (TPSA) is 37.3 Å². The van der Waals surface area contributed by atoms with E-state index >= 15 is 0 Å². The number of carboxylic acids is 1. The Kier molecular flexibility index (Phi) is 6.81. The summed E-state index contributed by atoms with van der Waals surface area (Å²) in [5.41, 5.74) is 0.237. The van der Waals surface area contributed by atoms with Crippen molar-refractivity contribution in [1.82, 2.24) is 0 Å². The SMILES string of the molecule is O=C(O)C(Cl)=C(Cl)C(Cl)=C(Cl)c1ccc(Cl)c(Cl)c1Cl. The smallest absolute Gasteiger partial charge is 0.348 e. The monoisotopic (exact) mass is 412 g/mol. The van der Waals surface area contributed by atoms with Crippen LogP contribution in [-0.2, 0) is 4.79 Å². The molecular weight excluding hydrogens is 412 g/mol. The summed E-state index contributed by atoms with van der Waals surface area (Å²) in [4.78, 5) is 10.7. The lowest BCUT2D eigenvalue weighted by Crippen LogP contribution is -1.97. The van der Waals surface area contributed by atoms with Crippen molar-refractivity contribution < 1.29 is 9.90 Å². The zero-order valence-corrected chi connectivity index (χ0v) is 14.4. The van der Waals surface area contributed by atoms with E-state index in [0.29, 0.717) is 0 Å². The number of halogens is 7. The highest BCUT2D eigenvalue weighted by atomic mass is 35.5. The largest absolute Gasteiger partial charge is 0.477 e. The van der Waals surface area contributed by atoms with E-state index in [-0.39, 0.29) is 30.7 Å². The summed E-state index contributed by atoms with van der Waals surface area (Å²) in [6.45, 7) is 0. The van der Waals surface area contributed by atoms with Gasteiger partial charge in [-0.1, -0.05) is 87.3 Å². The standard InChI is InChI=1S/C11H3Cl7O2/c12-4-2-1-3(5(13)7(4)15)6(14)8(16)9(17)10(18)11(19)20/h1-2H,(H,19,20). The highest BCUT2D eigenvalue weighted by Gasteiger charge is 2.19. The molecule has 1 rings (SSSR count). The molecule has 1 N–H and O–H groups in total. The lowest BCUT2D eigenvalue weighted by Gasteiger charge is -2.08. The summed E-state index contributed by atoms with van der Waals surface area (Å²) in [5.74, 6) is -1.44. The van der Waals surface area contributed by atoms with Gasteiger partial charge in [-0.05, 0) is 6.07 Å². The molecule has 0 aliphatic rings. The van der Waals surface area contributed by atoms with E-state index in [1.165, 1.54) is 12.1 Å². The molecule has 0 spiro atoms. The van der Waals surface area contributed by atoms with Gasteiger partial charge < -0.3 is 5.11 Å². The maximum Gasteiger partial charge on any atom is 0.348 e. The van der Waals surface area contributed by atoms with Gasteiger partial charge in [0, 0.05) is 5.56 Å². The van der Waals surface area contributed by atoms with E-state index in [9.17, 15) is 4.79 Å². The molecule has 2 nitrogen and oxygen atoms in total. The molecular formula is C11H3Cl7O2. The quantitative estimate of drug-likeness (QED) is 0.345. The Labute approximate surface area is 149 Å². The van der Waals surface area contributed by atoms with Crippen molar-refractivity contribution in [1.29, 1.82) is 0 Å². The molecule has 0 aliphatic heterocycles. The fourth-order valence-corrected chi connectivity index (χ4v) is 2.59. The van der Waals surface area contributed by atoms with Crippen molar-refractivity contribution in [3.05, 3.63) is 47.9 Å². The second-order valence-corrected chi connectivity index (χ2v) is 5.96. The minimum absolute atomic E-state index is 0.0539. The van der Waals surface area contributed by atoms with Crippen LogP contribution in [-0.4, -0.2) is 11.1 Å². The molecule has 0 radical (unpaired) electrons. The zero-order chi connectivity index (χ0) is 15.6. The van der Waals surface area contributed by atoms with Crippen LogP contribution in [0.5, 0.6) is 0 Å². The Balaban J connectivity index is 3.47. The van der Waals surface area contributed by atoms with Crippen LogP contribution in [0.2, 0.25) is 15.1 Å². The van der Waals surface area contributed by atoms with E-state index in [4.69, 9.17) is 86.3 Å². The molecule has 0 aliphatic carbocycles. The molecule has 0 bridgehead atoms. The highest BCUT2D eigenvalue weighted by Crippen LogP contribution is 2.41. The summed E-state index contributed by atoms with van der Waals surface area (Å²) in [6.07, 6.45) is 0. The molecule has 0 unspecified atom stereocenters. The number of carboxylic acid groups (broad SMARTS) is 1. The predicted octanol–water partition coefficient (Wildman–Crippen LogP) is 6.57. The molecule has 1 aromatic carbocycles. The van der Waals surface area contributed by atoms with Gasteiger partial charge in [0.1, 0.15) is 5.03 Å². The Morgan fingerprint density at radius 1 is 0.850 bits per heavy atom. The van der Waals surface area contributed by atoms with Gasteiger partial charge in [-0.3, -0.25) is 0 Å². The van der Waals surface area contributed by atoms with Gasteiger partial charge in [-0.15, -0.1) is 0 Å². The lowest BCUT2D eigenvalue weighted by atomic mass is 10.2. The van der Waals surface area contributed by atoms with E-state index < -0.39 is 16.0 Å². The van der Waals surface area contributed by atoms with Crippen LogP contribution in [0.25, 0.3) is 5.03 Å². The van der Waals surface area contributed by atoms with Crippen LogP contribution < -0.4 is 0 Å². The first-order chi connectivity index (χ1) is 9.18. The Hall–Kier alpha value is 0.200. The predicted molar refractivity (Wildman–Crippen MR) is 86.5 cm³/mol. The average Bonchev–Trinajstić information content (AvgIpc) is 2.41. The van der Waals surface area contributed by atoms with E-state index in [1.807, 2.05) is 0 Å². The minimum Gasteiger partial charge on any atom is -0.477 e. The molecule has 1 aromatic rings. The maximum atomic E-state index is 10.7. The van der Waals surface area contributed by atoms with E-state index in [2.05, 4.69) is 0 Å². The summed E-state index contributed by atoms with van der Waals surface area (Å²) in [5, 5.41) is 7.60. The number of hydrogen-bond donors (Lipinski definition) is 1. The lowest BCUT2D eigenvalue weighted by molar-refractivity contribution is -0.131.